The molecule has 0 aromatic heterocycles. The largest absolute Gasteiger partial charge is 0.395 e. The fourth-order valence-electron chi connectivity index (χ4n) is 3.35. The number of hydrogen-bond acceptors (Lipinski definition) is 2. The van der Waals surface area contributed by atoms with Gasteiger partial charge in [0.25, 0.3) is 0 Å². The first-order chi connectivity index (χ1) is 7.76. The van der Waals surface area contributed by atoms with E-state index in [-0.39, 0.29) is 18.4 Å². The number of rotatable bonds is 5. The van der Waals surface area contributed by atoms with Gasteiger partial charge in [0.15, 0.2) is 0 Å². The molecule has 2 fully saturated rings. The smallest absolute Gasteiger partial charge is 0.226 e. The molecule has 0 saturated heterocycles. The van der Waals surface area contributed by atoms with E-state index in [1.54, 1.807) is 11.0 Å². The van der Waals surface area contributed by atoms with Crippen molar-refractivity contribution in [2.24, 2.45) is 17.8 Å². The molecule has 2 aliphatic carbocycles. The second-order valence-corrected chi connectivity index (χ2v) is 5.08. The lowest BCUT2D eigenvalue weighted by Crippen LogP contribution is -2.40. The maximum absolute atomic E-state index is 12.3. The molecule has 0 aromatic carbocycles. The summed E-state index contributed by atoms with van der Waals surface area (Å²) in [6.45, 7) is 4.71. The Kier molecular flexibility index (Phi) is 3.64. The second-order valence-electron chi connectivity index (χ2n) is 5.08. The molecule has 2 saturated carbocycles. The van der Waals surface area contributed by atoms with E-state index in [0.29, 0.717) is 19.0 Å². The van der Waals surface area contributed by atoms with Crippen molar-refractivity contribution in [2.75, 3.05) is 19.7 Å². The Morgan fingerprint density at radius 2 is 2.25 bits per heavy atom. The lowest BCUT2D eigenvalue weighted by atomic mass is 9.87. The van der Waals surface area contributed by atoms with E-state index in [1.165, 1.54) is 19.3 Å². The van der Waals surface area contributed by atoms with E-state index in [2.05, 4.69) is 6.58 Å². The molecule has 90 valence electrons. The van der Waals surface area contributed by atoms with Gasteiger partial charge >= 0.3 is 0 Å². The number of carbonyl (C=O) groups is 1. The highest BCUT2D eigenvalue weighted by atomic mass is 16.3. The van der Waals surface area contributed by atoms with Crippen LogP contribution in [0.3, 0.4) is 0 Å². The number of carbonyl (C=O) groups excluding carboxylic acids is 1. The highest BCUT2D eigenvalue weighted by Crippen LogP contribution is 2.48. The summed E-state index contributed by atoms with van der Waals surface area (Å²) in [6, 6.07) is 0. The molecule has 2 bridgehead atoms. The average molecular weight is 223 g/mol. The Hall–Kier alpha value is -0.830. The zero-order valence-electron chi connectivity index (χ0n) is 9.77. The predicted octanol–water partition coefficient (Wildman–Crippen LogP) is 1.43. The summed E-state index contributed by atoms with van der Waals surface area (Å²) >= 11 is 0. The summed E-state index contributed by atoms with van der Waals surface area (Å²) in [5, 5.41) is 8.96. The van der Waals surface area contributed by atoms with Gasteiger partial charge in [-0.25, -0.2) is 0 Å². The Morgan fingerprint density at radius 3 is 2.75 bits per heavy atom. The van der Waals surface area contributed by atoms with E-state index in [4.69, 9.17) is 5.11 Å². The van der Waals surface area contributed by atoms with Gasteiger partial charge in [0.2, 0.25) is 5.91 Å². The third-order valence-electron chi connectivity index (χ3n) is 4.09. The van der Waals surface area contributed by atoms with Crippen molar-refractivity contribution in [3.63, 3.8) is 0 Å². The zero-order valence-corrected chi connectivity index (χ0v) is 9.77. The minimum Gasteiger partial charge on any atom is -0.395 e. The van der Waals surface area contributed by atoms with Gasteiger partial charge < -0.3 is 10.0 Å². The number of aliphatic hydroxyl groups excluding tert-OH is 1. The predicted molar refractivity (Wildman–Crippen MR) is 62.8 cm³/mol. The van der Waals surface area contributed by atoms with E-state index in [1.807, 2.05) is 0 Å². The quantitative estimate of drug-likeness (QED) is 0.716. The van der Waals surface area contributed by atoms with Gasteiger partial charge in [-0.3, -0.25) is 4.79 Å². The Balaban J connectivity index is 1.96. The van der Waals surface area contributed by atoms with Crippen LogP contribution >= 0.6 is 0 Å². The molecule has 3 unspecified atom stereocenters. The average Bonchev–Trinajstić information content (AvgIpc) is 2.89. The first-order valence-electron chi connectivity index (χ1n) is 6.26. The highest BCUT2D eigenvalue weighted by molar-refractivity contribution is 5.79. The van der Waals surface area contributed by atoms with Crippen molar-refractivity contribution < 1.29 is 9.90 Å². The number of amides is 1. The molecule has 16 heavy (non-hydrogen) atoms. The fraction of sp³-hybridized carbons (Fsp3) is 0.769. The Labute approximate surface area is 97.1 Å². The molecule has 0 spiro atoms. The molecule has 3 nitrogen and oxygen atoms in total. The standard InChI is InChI=1S/C13H21NO2/c1-2-5-14(6-7-15)13(16)12-9-10-3-4-11(12)8-10/h2,10-12,15H,1,3-9H2. The van der Waals surface area contributed by atoms with Crippen molar-refractivity contribution in [3.8, 4) is 0 Å². The molecular formula is C13H21NO2. The summed E-state index contributed by atoms with van der Waals surface area (Å²) in [5.74, 6) is 1.87. The van der Waals surface area contributed by atoms with Gasteiger partial charge in [-0.2, -0.15) is 0 Å². The third kappa shape index (κ3) is 2.14. The highest BCUT2D eigenvalue weighted by Gasteiger charge is 2.44. The number of aliphatic hydroxyl groups is 1. The van der Waals surface area contributed by atoms with Crippen molar-refractivity contribution >= 4 is 5.91 Å². The Bertz CT molecular complexity index is 277. The van der Waals surface area contributed by atoms with Crippen molar-refractivity contribution in [3.05, 3.63) is 12.7 Å². The molecule has 1 N–H and O–H groups in total. The lowest BCUT2D eigenvalue weighted by molar-refractivity contribution is -0.137. The molecule has 3 heteroatoms. The van der Waals surface area contributed by atoms with Crippen LogP contribution in [0, 0.1) is 17.8 Å². The molecule has 2 aliphatic rings. The van der Waals surface area contributed by atoms with Gasteiger partial charge in [0.05, 0.1) is 6.61 Å². The molecule has 2 rings (SSSR count). The maximum atomic E-state index is 12.3. The summed E-state index contributed by atoms with van der Waals surface area (Å²) in [4.78, 5) is 14.0. The normalized spacial score (nSPS) is 31.7. The van der Waals surface area contributed by atoms with Gasteiger partial charge in [-0.05, 0) is 31.1 Å². The summed E-state index contributed by atoms with van der Waals surface area (Å²) in [7, 11) is 0. The SMILES string of the molecule is C=CCN(CCO)C(=O)C1CC2CCC1C2. The molecule has 0 heterocycles. The molecule has 3 atom stereocenters. The van der Waals surface area contributed by atoms with E-state index < -0.39 is 0 Å². The van der Waals surface area contributed by atoms with Crippen molar-refractivity contribution in [2.45, 2.75) is 25.7 Å². The van der Waals surface area contributed by atoms with E-state index in [0.717, 1.165) is 12.3 Å². The summed E-state index contributed by atoms with van der Waals surface area (Å²) in [5.41, 5.74) is 0. The van der Waals surface area contributed by atoms with Crippen molar-refractivity contribution in [1.29, 1.82) is 0 Å². The molecule has 0 radical (unpaired) electrons. The maximum Gasteiger partial charge on any atom is 0.226 e. The van der Waals surface area contributed by atoms with Crippen molar-refractivity contribution in [1.82, 2.24) is 4.90 Å². The van der Waals surface area contributed by atoms with Crippen LogP contribution < -0.4 is 0 Å². The summed E-state index contributed by atoms with van der Waals surface area (Å²) < 4.78 is 0. The van der Waals surface area contributed by atoms with Crippen LogP contribution in [-0.4, -0.2) is 35.6 Å². The van der Waals surface area contributed by atoms with Crippen LogP contribution in [0.4, 0.5) is 0 Å². The summed E-state index contributed by atoms with van der Waals surface area (Å²) in [6.07, 6.45) is 6.60. The van der Waals surface area contributed by atoms with Crippen LogP contribution in [0.25, 0.3) is 0 Å². The topological polar surface area (TPSA) is 40.5 Å². The molecule has 0 aliphatic heterocycles. The number of fused-ring (bicyclic) bond motifs is 2. The minimum atomic E-state index is 0.0421. The van der Waals surface area contributed by atoms with E-state index >= 15 is 0 Å². The second kappa shape index (κ2) is 5.00. The molecule has 0 aromatic rings. The first-order valence-corrected chi connectivity index (χ1v) is 6.26. The van der Waals surface area contributed by atoms with Gasteiger partial charge in [-0.15, -0.1) is 6.58 Å². The van der Waals surface area contributed by atoms with Gasteiger partial charge in [0.1, 0.15) is 0 Å². The van der Waals surface area contributed by atoms with Gasteiger partial charge in [-0.1, -0.05) is 12.5 Å². The molecular weight excluding hydrogens is 202 g/mol. The van der Waals surface area contributed by atoms with Crippen LogP contribution in [0.5, 0.6) is 0 Å². The van der Waals surface area contributed by atoms with Crippen LogP contribution in [0.2, 0.25) is 0 Å². The number of hydrogen-bond donors (Lipinski definition) is 1. The fourth-order valence-corrected chi connectivity index (χ4v) is 3.35. The van der Waals surface area contributed by atoms with E-state index in [9.17, 15) is 4.79 Å². The molecule has 1 amide bonds. The monoisotopic (exact) mass is 223 g/mol. The zero-order chi connectivity index (χ0) is 11.5. The first kappa shape index (κ1) is 11.6. The van der Waals surface area contributed by atoms with Crippen LogP contribution in [0.1, 0.15) is 25.7 Å². The lowest BCUT2D eigenvalue weighted by Gasteiger charge is -2.28. The minimum absolute atomic E-state index is 0.0421. The number of nitrogens with zero attached hydrogens (tertiary/aromatic N) is 1. The Morgan fingerprint density at radius 1 is 1.44 bits per heavy atom. The van der Waals surface area contributed by atoms with Gasteiger partial charge in [0, 0.05) is 19.0 Å². The van der Waals surface area contributed by atoms with Crippen LogP contribution in [-0.2, 0) is 4.79 Å². The third-order valence-corrected chi connectivity index (χ3v) is 4.09. The van der Waals surface area contributed by atoms with Crippen LogP contribution in [0.15, 0.2) is 12.7 Å².